The van der Waals surface area contributed by atoms with Gasteiger partial charge in [-0.1, -0.05) is 80.4 Å². The summed E-state index contributed by atoms with van der Waals surface area (Å²) in [6, 6.07) is 17.7. The summed E-state index contributed by atoms with van der Waals surface area (Å²) in [5, 5.41) is 16.7. The number of fused-ring (bicyclic) bond motifs is 1. The molecule has 3 saturated heterocycles. The van der Waals surface area contributed by atoms with Gasteiger partial charge in [-0.15, -0.1) is 11.8 Å². The molecule has 2 aromatic carbocycles. The molecular weight excluding hydrogens is 498 g/mol. The van der Waals surface area contributed by atoms with Crippen LogP contribution in [0.1, 0.15) is 56.2 Å². The first-order chi connectivity index (χ1) is 18.5. The maximum Gasteiger partial charge on any atom is 0.244 e. The van der Waals surface area contributed by atoms with Crippen LogP contribution < -0.4 is 10.6 Å². The van der Waals surface area contributed by atoms with Crippen molar-refractivity contribution in [3.63, 3.8) is 0 Å². The molecule has 6 atom stereocenters. The van der Waals surface area contributed by atoms with Gasteiger partial charge in [-0.3, -0.25) is 14.4 Å². The van der Waals surface area contributed by atoms with Gasteiger partial charge < -0.3 is 20.6 Å². The third-order valence-electron chi connectivity index (χ3n) is 8.37. The van der Waals surface area contributed by atoms with Crippen LogP contribution >= 0.6 is 11.8 Å². The number of likely N-dealkylation sites (tertiary alicyclic amines) is 1. The fraction of sp³-hybridized carbons (Fsp3) is 0.500. The number of unbranched alkanes of at least 4 members (excludes halogenated alkanes) is 2. The molecule has 3 fully saturated rings. The Hall–Kier alpha value is -2.84. The lowest BCUT2D eigenvalue weighted by Crippen LogP contribution is -2.54. The van der Waals surface area contributed by atoms with Crippen molar-refractivity contribution in [3.05, 3.63) is 71.8 Å². The Bertz CT molecular complexity index is 1150. The van der Waals surface area contributed by atoms with Gasteiger partial charge in [-0.05, 0) is 30.4 Å². The van der Waals surface area contributed by atoms with Crippen LogP contribution in [-0.2, 0) is 20.9 Å². The zero-order chi connectivity index (χ0) is 26.7. The highest BCUT2D eigenvalue weighted by Gasteiger charge is 2.74. The Morgan fingerprint density at radius 2 is 1.76 bits per heavy atom. The Balaban J connectivity index is 1.46. The number of carbonyl (C=O) groups is 3. The first kappa shape index (κ1) is 26.8. The summed E-state index contributed by atoms with van der Waals surface area (Å²) in [6.07, 6.45) is 4.44. The van der Waals surface area contributed by atoms with E-state index in [4.69, 9.17) is 0 Å². The minimum absolute atomic E-state index is 0.00145. The van der Waals surface area contributed by atoms with Crippen LogP contribution in [0, 0.1) is 11.8 Å². The predicted octanol–water partition coefficient (Wildman–Crippen LogP) is 3.43. The molecule has 2 aromatic rings. The number of thioether (sulfide) groups is 1. The second-order valence-corrected chi connectivity index (χ2v) is 12.2. The Morgan fingerprint density at radius 1 is 1.05 bits per heavy atom. The maximum absolute atomic E-state index is 14.3. The van der Waals surface area contributed by atoms with E-state index in [1.54, 1.807) is 16.7 Å². The fourth-order valence-electron chi connectivity index (χ4n) is 6.64. The zero-order valence-corrected chi connectivity index (χ0v) is 22.7. The largest absolute Gasteiger partial charge is 0.394 e. The molecule has 3 heterocycles. The van der Waals surface area contributed by atoms with E-state index < -0.39 is 28.7 Å². The molecule has 38 heavy (non-hydrogen) atoms. The number of amides is 3. The summed E-state index contributed by atoms with van der Waals surface area (Å²) >= 11 is 1.65. The first-order valence-electron chi connectivity index (χ1n) is 13.8. The lowest BCUT2D eigenvalue weighted by Gasteiger charge is -2.37. The van der Waals surface area contributed by atoms with Crippen molar-refractivity contribution in [2.45, 2.75) is 67.7 Å². The van der Waals surface area contributed by atoms with Crippen molar-refractivity contribution >= 4 is 29.5 Å². The molecule has 0 aliphatic carbocycles. The van der Waals surface area contributed by atoms with E-state index in [0.717, 1.165) is 36.8 Å². The maximum atomic E-state index is 14.3. The average molecular weight is 536 g/mol. The Labute approximate surface area is 228 Å². The second-order valence-electron chi connectivity index (χ2n) is 10.6. The third-order valence-corrected chi connectivity index (χ3v) is 10.3. The molecule has 3 N–H and O–H groups in total. The average Bonchev–Trinajstić information content (AvgIpc) is 3.59. The van der Waals surface area contributed by atoms with Gasteiger partial charge in [0, 0.05) is 18.3 Å². The van der Waals surface area contributed by atoms with E-state index in [9.17, 15) is 19.5 Å². The van der Waals surface area contributed by atoms with E-state index in [1.165, 1.54) is 0 Å². The molecule has 1 spiro atoms. The fourth-order valence-corrected chi connectivity index (χ4v) is 8.85. The van der Waals surface area contributed by atoms with E-state index in [1.807, 2.05) is 60.7 Å². The van der Waals surface area contributed by atoms with Crippen molar-refractivity contribution in [3.8, 4) is 0 Å². The smallest absolute Gasteiger partial charge is 0.244 e. The van der Waals surface area contributed by atoms with Crippen molar-refractivity contribution in [1.82, 2.24) is 15.5 Å². The number of nitrogens with zero attached hydrogens (tertiary/aromatic N) is 1. The standard InChI is InChI=1S/C30H37N3O4S/c1-2-3-10-17-31-28(36)26-30-16-15-23(38-30)24(27(35)32-18-20-11-6-4-7-12-20)25(30)29(37)33(26)22(19-34)21-13-8-5-9-14-21/h4-9,11-14,22-26,34H,2-3,10,15-19H2,1H3,(H,31,36)(H,32,35)/t22-,23-,24+,25+,26?,30?/m1/s1. The van der Waals surface area contributed by atoms with Crippen LogP contribution in [0.3, 0.4) is 0 Å². The molecule has 202 valence electrons. The molecule has 0 radical (unpaired) electrons. The molecule has 3 amide bonds. The number of nitrogens with one attached hydrogen (secondary N) is 2. The minimum Gasteiger partial charge on any atom is -0.394 e. The van der Waals surface area contributed by atoms with Crippen LogP contribution in [0.5, 0.6) is 0 Å². The first-order valence-corrected chi connectivity index (χ1v) is 14.6. The topological polar surface area (TPSA) is 98.7 Å². The van der Waals surface area contributed by atoms with E-state index in [-0.39, 0.29) is 29.6 Å². The summed E-state index contributed by atoms with van der Waals surface area (Å²) in [5.41, 5.74) is 1.78. The summed E-state index contributed by atoms with van der Waals surface area (Å²) < 4.78 is -0.673. The zero-order valence-electron chi connectivity index (χ0n) is 21.8. The van der Waals surface area contributed by atoms with Crippen LogP contribution in [0.2, 0.25) is 0 Å². The van der Waals surface area contributed by atoms with Gasteiger partial charge in [0.2, 0.25) is 17.7 Å². The third kappa shape index (κ3) is 4.73. The van der Waals surface area contributed by atoms with Crippen molar-refractivity contribution in [2.75, 3.05) is 13.2 Å². The number of aliphatic hydroxyl groups excluding tert-OH is 1. The van der Waals surface area contributed by atoms with Crippen molar-refractivity contribution < 1.29 is 19.5 Å². The Morgan fingerprint density at radius 3 is 2.45 bits per heavy atom. The molecule has 7 nitrogen and oxygen atoms in total. The number of rotatable bonds is 11. The van der Waals surface area contributed by atoms with E-state index >= 15 is 0 Å². The number of aliphatic hydroxyl groups is 1. The summed E-state index contributed by atoms with van der Waals surface area (Å²) in [6.45, 7) is 2.77. The molecule has 3 aliphatic heterocycles. The molecule has 0 aromatic heterocycles. The lowest BCUT2D eigenvalue weighted by atomic mass is 9.70. The van der Waals surface area contributed by atoms with Gasteiger partial charge in [0.25, 0.3) is 0 Å². The molecular formula is C30H37N3O4S. The molecule has 8 heteroatoms. The number of benzene rings is 2. The van der Waals surface area contributed by atoms with Gasteiger partial charge in [0.05, 0.1) is 29.2 Å². The van der Waals surface area contributed by atoms with Gasteiger partial charge in [0.15, 0.2) is 0 Å². The number of hydrogen-bond acceptors (Lipinski definition) is 5. The predicted molar refractivity (Wildman–Crippen MR) is 148 cm³/mol. The normalized spacial score (nSPS) is 28.3. The number of hydrogen-bond donors (Lipinski definition) is 3. The number of carbonyl (C=O) groups excluding carboxylic acids is 3. The quantitative estimate of drug-likeness (QED) is 0.383. The molecule has 0 saturated carbocycles. The highest BCUT2D eigenvalue weighted by atomic mass is 32.2. The van der Waals surface area contributed by atoms with Gasteiger partial charge in [-0.2, -0.15) is 0 Å². The molecule has 2 unspecified atom stereocenters. The van der Waals surface area contributed by atoms with Crippen LogP contribution in [0.15, 0.2) is 60.7 Å². The second kappa shape index (κ2) is 11.5. The van der Waals surface area contributed by atoms with Gasteiger partial charge in [-0.25, -0.2) is 0 Å². The molecule has 5 rings (SSSR count). The SMILES string of the molecule is CCCCCNC(=O)C1N([C@H](CO)c2ccccc2)C(=O)[C@@H]2[C@@H](C(=O)NCc3ccccc3)[C@H]3CCC12S3. The van der Waals surface area contributed by atoms with Gasteiger partial charge in [0.1, 0.15) is 6.04 Å². The summed E-state index contributed by atoms with van der Waals surface area (Å²) in [7, 11) is 0. The lowest BCUT2D eigenvalue weighted by molar-refractivity contribution is -0.143. The molecule has 2 bridgehead atoms. The Kier molecular flexibility index (Phi) is 8.09. The van der Waals surface area contributed by atoms with Gasteiger partial charge >= 0.3 is 0 Å². The van der Waals surface area contributed by atoms with Crippen LogP contribution in [0.4, 0.5) is 0 Å². The summed E-state index contributed by atoms with van der Waals surface area (Å²) in [5.74, 6) is -1.59. The van der Waals surface area contributed by atoms with Crippen LogP contribution in [0.25, 0.3) is 0 Å². The van der Waals surface area contributed by atoms with Crippen molar-refractivity contribution in [1.29, 1.82) is 0 Å². The van der Waals surface area contributed by atoms with E-state index in [0.29, 0.717) is 19.5 Å². The van der Waals surface area contributed by atoms with Crippen LogP contribution in [-0.4, -0.2) is 56.9 Å². The summed E-state index contributed by atoms with van der Waals surface area (Å²) in [4.78, 5) is 43.3. The highest BCUT2D eigenvalue weighted by molar-refractivity contribution is 8.02. The minimum atomic E-state index is -0.735. The monoisotopic (exact) mass is 535 g/mol. The highest BCUT2D eigenvalue weighted by Crippen LogP contribution is 2.67. The molecule has 3 aliphatic rings. The van der Waals surface area contributed by atoms with Crippen molar-refractivity contribution in [2.24, 2.45) is 11.8 Å². The van der Waals surface area contributed by atoms with E-state index in [2.05, 4.69) is 17.6 Å².